The molecule has 0 aromatic carbocycles. The average Bonchev–Trinajstić information content (AvgIpc) is 3.30. The maximum atomic E-state index is 3.79. The second kappa shape index (κ2) is 7.79. The van der Waals surface area contributed by atoms with Crippen molar-refractivity contribution in [2.24, 2.45) is 11.3 Å². The van der Waals surface area contributed by atoms with Crippen LogP contribution in [0.2, 0.25) is 0 Å². The number of nitrogens with zero attached hydrogens (tertiary/aromatic N) is 1. The van der Waals surface area contributed by atoms with Gasteiger partial charge in [0.25, 0.3) is 0 Å². The number of rotatable bonds is 9. The first-order valence-corrected chi connectivity index (χ1v) is 9.17. The van der Waals surface area contributed by atoms with Crippen molar-refractivity contribution in [3.05, 3.63) is 0 Å². The molecule has 0 unspecified atom stereocenters. The van der Waals surface area contributed by atoms with Crippen LogP contribution in [0, 0.1) is 11.3 Å². The van der Waals surface area contributed by atoms with Crippen LogP contribution in [-0.2, 0) is 0 Å². The molecule has 0 radical (unpaired) electrons. The molecule has 1 aliphatic carbocycles. The second-order valence-electron chi connectivity index (χ2n) is 7.37. The summed E-state index contributed by atoms with van der Waals surface area (Å²) in [6.07, 6.45) is 11.1. The van der Waals surface area contributed by atoms with Gasteiger partial charge in [0.2, 0.25) is 0 Å². The topological polar surface area (TPSA) is 15.3 Å². The van der Waals surface area contributed by atoms with Crippen LogP contribution in [0.25, 0.3) is 0 Å². The van der Waals surface area contributed by atoms with E-state index in [9.17, 15) is 0 Å². The van der Waals surface area contributed by atoms with Gasteiger partial charge in [0.05, 0.1) is 0 Å². The third-order valence-electron chi connectivity index (χ3n) is 5.81. The Bertz CT molecular complexity index is 261. The van der Waals surface area contributed by atoms with Crippen molar-refractivity contribution in [2.45, 2.75) is 78.2 Å². The zero-order chi connectivity index (χ0) is 14.4. The molecule has 1 saturated carbocycles. The summed E-state index contributed by atoms with van der Waals surface area (Å²) in [6.45, 7) is 12.3. The van der Waals surface area contributed by atoms with Gasteiger partial charge in [-0.05, 0) is 62.9 Å². The maximum absolute atomic E-state index is 3.79. The minimum atomic E-state index is 0.514. The maximum Gasteiger partial charge on any atom is 0.00684 e. The van der Waals surface area contributed by atoms with Gasteiger partial charge in [-0.1, -0.05) is 33.6 Å². The van der Waals surface area contributed by atoms with Crippen molar-refractivity contribution in [3.63, 3.8) is 0 Å². The summed E-state index contributed by atoms with van der Waals surface area (Å²) in [5, 5.41) is 3.79. The van der Waals surface area contributed by atoms with Gasteiger partial charge in [-0.15, -0.1) is 0 Å². The third-order valence-corrected chi connectivity index (χ3v) is 5.81. The van der Waals surface area contributed by atoms with E-state index in [4.69, 9.17) is 0 Å². The Hall–Kier alpha value is -0.0800. The van der Waals surface area contributed by atoms with Gasteiger partial charge >= 0.3 is 0 Å². The van der Waals surface area contributed by atoms with Crippen LogP contribution < -0.4 is 5.32 Å². The molecule has 2 fully saturated rings. The number of hydrogen-bond acceptors (Lipinski definition) is 2. The molecule has 0 aromatic rings. The van der Waals surface area contributed by atoms with Crippen molar-refractivity contribution < 1.29 is 0 Å². The van der Waals surface area contributed by atoms with E-state index in [-0.39, 0.29) is 0 Å². The van der Waals surface area contributed by atoms with Crippen molar-refractivity contribution >= 4 is 0 Å². The van der Waals surface area contributed by atoms with Gasteiger partial charge in [-0.2, -0.15) is 0 Å². The van der Waals surface area contributed by atoms with Gasteiger partial charge in [-0.25, -0.2) is 0 Å². The second-order valence-corrected chi connectivity index (χ2v) is 7.37. The zero-order valence-corrected chi connectivity index (χ0v) is 14.1. The number of likely N-dealkylation sites (tertiary alicyclic amines) is 1. The van der Waals surface area contributed by atoms with E-state index in [0.29, 0.717) is 5.41 Å². The smallest absolute Gasteiger partial charge is 0.00684 e. The first-order chi connectivity index (χ1) is 9.71. The normalized spacial score (nSPS) is 22.4. The van der Waals surface area contributed by atoms with Crippen LogP contribution >= 0.6 is 0 Å². The molecule has 0 aromatic heterocycles. The van der Waals surface area contributed by atoms with Crippen molar-refractivity contribution in [1.29, 1.82) is 0 Å². The summed E-state index contributed by atoms with van der Waals surface area (Å²) in [6, 6.07) is 0.850. The van der Waals surface area contributed by atoms with E-state index >= 15 is 0 Å². The highest BCUT2D eigenvalue weighted by molar-refractivity contribution is 4.89. The summed E-state index contributed by atoms with van der Waals surface area (Å²) >= 11 is 0. The molecule has 1 heterocycles. The highest BCUT2D eigenvalue weighted by Gasteiger charge is 2.32. The first-order valence-electron chi connectivity index (χ1n) is 9.17. The molecule has 0 atom stereocenters. The van der Waals surface area contributed by atoms with Gasteiger partial charge in [-0.3, -0.25) is 0 Å². The van der Waals surface area contributed by atoms with Crippen LogP contribution in [0.3, 0.4) is 0 Å². The van der Waals surface area contributed by atoms with Crippen molar-refractivity contribution in [1.82, 2.24) is 10.2 Å². The molecule has 20 heavy (non-hydrogen) atoms. The quantitative estimate of drug-likeness (QED) is 0.685. The standard InChI is InChI=1S/C18H36N2/c1-4-7-16-10-12-20(13-11-16)15-18(5-2,6-3)14-19-17-8-9-17/h16-17,19H,4-15H2,1-3H3. The molecule has 2 aliphatic rings. The van der Waals surface area contributed by atoms with E-state index in [2.05, 4.69) is 31.0 Å². The fourth-order valence-electron chi connectivity index (χ4n) is 3.74. The Morgan fingerprint density at radius 1 is 1.00 bits per heavy atom. The molecular weight excluding hydrogens is 244 g/mol. The summed E-state index contributed by atoms with van der Waals surface area (Å²) in [5.41, 5.74) is 0.514. The van der Waals surface area contributed by atoms with Gasteiger partial charge < -0.3 is 10.2 Å². The van der Waals surface area contributed by atoms with Crippen molar-refractivity contribution in [2.75, 3.05) is 26.2 Å². The van der Waals surface area contributed by atoms with Crippen LogP contribution in [-0.4, -0.2) is 37.1 Å². The molecule has 2 heteroatoms. The molecule has 0 spiro atoms. The van der Waals surface area contributed by atoms with Gasteiger partial charge in [0.15, 0.2) is 0 Å². The van der Waals surface area contributed by atoms with Crippen LogP contribution in [0.5, 0.6) is 0 Å². The highest BCUT2D eigenvalue weighted by atomic mass is 15.1. The Labute approximate surface area is 126 Å². The van der Waals surface area contributed by atoms with Crippen molar-refractivity contribution in [3.8, 4) is 0 Å². The van der Waals surface area contributed by atoms with E-state index in [1.165, 1.54) is 77.5 Å². The van der Waals surface area contributed by atoms with Crippen LogP contribution in [0.15, 0.2) is 0 Å². The number of piperidine rings is 1. The Morgan fingerprint density at radius 3 is 2.15 bits per heavy atom. The lowest BCUT2D eigenvalue weighted by molar-refractivity contribution is 0.0979. The molecule has 0 amide bonds. The Morgan fingerprint density at radius 2 is 1.65 bits per heavy atom. The third kappa shape index (κ3) is 4.73. The Balaban J connectivity index is 1.78. The molecule has 1 saturated heterocycles. The predicted octanol–water partition coefficient (Wildman–Crippen LogP) is 4.06. The largest absolute Gasteiger partial charge is 0.313 e. The molecule has 2 rings (SSSR count). The lowest BCUT2D eigenvalue weighted by Crippen LogP contribution is -2.46. The van der Waals surface area contributed by atoms with E-state index in [1.54, 1.807) is 0 Å². The molecule has 0 bridgehead atoms. The van der Waals surface area contributed by atoms with E-state index < -0.39 is 0 Å². The highest BCUT2D eigenvalue weighted by Crippen LogP contribution is 2.31. The molecule has 118 valence electrons. The first kappa shape index (κ1) is 16.3. The zero-order valence-electron chi connectivity index (χ0n) is 14.1. The molecule has 1 aliphatic heterocycles. The Kier molecular flexibility index (Phi) is 6.35. The molecular formula is C18H36N2. The summed E-state index contributed by atoms with van der Waals surface area (Å²) < 4.78 is 0. The summed E-state index contributed by atoms with van der Waals surface area (Å²) in [5.74, 6) is 1.01. The SMILES string of the molecule is CCCC1CCN(CC(CC)(CC)CNC2CC2)CC1. The number of nitrogens with one attached hydrogen (secondary N) is 1. The number of hydrogen-bond donors (Lipinski definition) is 1. The molecule has 2 nitrogen and oxygen atoms in total. The van der Waals surface area contributed by atoms with Crippen LogP contribution in [0.1, 0.15) is 72.1 Å². The molecule has 1 N–H and O–H groups in total. The minimum Gasteiger partial charge on any atom is -0.313 e. The summed E-state index contributed by atoms with van der Waals surface area (Å²) in [4.78, 5) is 2.76. The lowest BCUT2D eigenvalue weighted by atomic mass is 9.80. The monoisotopic (exact) mass is 280 g/mol. The van der Waals surface area contributed by atoms with Crippen LogP contribution in [0.4, 0.5) is 0 Å². The average molecular weight is 281 g/mol. The summed E-state index contributed by atoms with van der Waals surface area (Å²) in [7, 11) is 0. The fraction of sp³-hybridized carbons (Fsp3) is 1.00. The fourth-order valence-corrected chi connectivity index (χ4v) is 3.74. The predicted molar refractivity (Wildman–Crippen MR) is 88.1 cm³/mol. The van der Waals surface area contributed by atoms with Gasteiger partial charge in [0.1, 0.15) is 0 Å². The van der Waals surface area contributed by atoms with E-state index in [0.717, 1.165) is 12.0 Å². The van der Waals surface area contributed by atoms with Gasteiger partial charge in [0, 0.05) is 19.1 Å². The lowest BCUT2D eigenvalue weighted by Gasteiger charge is -2.40. The van der Waals surface area contributed by atoms with E-state index in [1.807, 2.05) is 0 Å². The minimum absolute atomic E-state index is 0.514.